The SMILES string of the molecule is CN(Cc1ccccc1)C(=O)NCCC(=O)N(C)c1ccc(Oc2ccccc2)cc1. The Hall–Kier alpha value is -3.80. The number of amides is 3. The van der Waals surface area contributed by atoms with Crippen molar-refractivity contribution in [2.45, 2.75) is 13.0 Å². The maximum Gasteiger partial charge on any atom is 0.317 e. The summed E-state index contributed by atoms with van der Waals surface area (Å²) in [5, 5.41) is 2.80. The molecule has 0 bridgehead atoms. The molecule has 0 aromatic heterocycles. The zero-order valence-electron chi connectivity index (χ0n) is 17.8. The number of rotatable bonds is 8. The molecular weight excluding hydrogens is 390 g/mol. The molecule has 0 unspecified atom stereocenters. The van der Waals surface area contributed by atoms with Crippen molar-refractivity contribution in [1.82, 2.24) is 10.2 Å². The lowest BCUT2D eigenvalue weighted by Gasteiger charge is -2.20. The van der Waals surface area contributed by atoms with Gasteiger partial charge >= 0.3 is 6.03 Å². The van der Waals surface area contributed by atoms with Crippen LogP contribution in [0.25, 0.3) is 0 Å². The summed E-state index contributed by atoms with van der Waals surface area (Å²) >= 11 is 0. The lowest BCUT2D eigenvalue weighted by atomic mass is 10.2. The fourth-order valence-electron chi connectivity index (χ4n) is 3.01. The van der Waals surface area contributed by atoms with E-state index in [0.29, 0.717) is 12.3 Å². The molecule has 3 aromatic carbocycles. The molecule has 3 amide bonds. The first-order valence-corrected chi connectivity index (χ1v) is 10.2. The number of anilines is 1. The van der Waals surface area contributed by atoms with Crippen molar-refractivity contribution in [3.63, 3.8) is 0 Å². The number of carbonyl (C=O) groups is 2. The van der Waals surface area contributed by atoms with Gasteiger partial charge in [-0.3, -0.25) is 4.79 Å². The van der Waals surface area contributed by atoms with E-state index in [0.717, 1.165) is 17.0 Å². The lowest BCUT2D eigenvalue weighted by Crippen LogP contribution is -2.39. The quantitative estimate of drug-likeness (QED) is 0.579. The highest BCUT2D eigenvalue weighted by molar-refractivity contribution is 5.93. The summed E-state index contributed by atoms with van der Waals surface area (Å²) in [6.45, 7) is 0.786. The molecular formula is C25H27N3O3. The molecule has 1 N–H and O–H groups in total. The Bertz CT molecular complexity index is 976. The van der Waals surface area contributed by atoms with Crippen LogP contribution in [-0.2, 0) is 11.3 Å². The minimum Gasteiger partial charge on any atom is -0.457 e. The van der Waals surface area contributed by atoms with Crippen LogP contribution in [0.5, 0.6) is 11.5 Å². The van der Waals surface area contributed by atoms with Gasteiger partial charge in [0.05, 0.1) is 0 Å². The third-order valence-electron chi connectivity index (χ3n) is 4.80. The molecule has 0 fully saturated rings. The standard InChI is InChI=1S/C25H27N3O3/c1-27(19-20-9-5-3-6-10-20)25(30)26-18-17-24(29)28(2)21-13-15-23(16-14-21)31-22-11-7-4-8-12-22/h3-16H,17-19H2,1-2H3,(H,26,30). The van der Waals surface area contributed by atoms with Gasteiger partial charge in [-0.1, -0.05) is 48.5 Å². The number of nitrogens with zero attached hydrogens (tertiary/aromatic N) is 2. The van der Waals surface area contributed by atoms with E-state index in [-0.39, 0.29) is 24.9 Å². The number of hydrogen-bond donors (Lipinski definition) is 1. The van der Waals surface area contributed by atoms with Gasteiger partial charge in [0.1, 0.15) is 11.5 Å². The van der Waals surface area contributed by atoms with E-state index in [1.807, 2.05) is 84.9 Å². The minimum atomic E-state index is -0.207. The highest BCUT2D eigenvalue weighted by atomic mass is 16.5. The van der Waals surface area contributed by atoms with Crippen molar-refractivity contribution in [2.24, 2.45) is 0 Å². The molecule has 0 aliphatic rings. The molecule has 3 aromatic rings. The van der Waals surface area contributed by atoms with Crippen LogP contribution in [0.3, 0.4) is 0 Å². The highest BCUT2D eigenvalue weighted by Crippen LogP contribution is 2.24. The van der Waals surface area contributed by atoms with Crippen molar-refractivity contribution >= 4 is 17.6 Å². The van der Waals surface area contributed by atoms with Gasteiger partial charge in [0.25, 0.3) is 0 Å². The summed E-state index contributed by atoms with van der Waals surface area (Å²) < 4.78 is 5.77. The summed E-state index contributed by atoms with van der Waals surface area (Å²) in [5.41, 5.74) is 1.81. The molecule has 0 radical (unpaired) electrons. The second-order valence-corrected chi connectivity index (χ2v) is 7.19. The molecule has 0 aliphatic heterocycles. The Balaban J connectivity index is 1.44. The Morgan fingerprint density at radius 2 is 1.39 bits per heavy atom. The second-order valence-electron chi connectivity index (χ2n) is 7.19. The predicted octanol–water partition coefficient (Wildman–Crippen LogP) is 4.67. The number of carbonyl (C=O) groups excluding carboxylic acids is 2. The van der Waals surface area contributed by atoms with Crippen LogP contribution in [0.1, 0.15) is 12.0 Å². The van der Waals surface area contributed by atoms with E-state index in [1.54, 1.807) is 23.9 Å². The number of benzene rings is 3. The van der Waals surface area contributed by atoms with Crippen molar-refractivity contribution in [1.29, 1.82) is 0 Å². The molecule has 3 rings (SSSR count). The van der Waals surface area contributed by atoms with Crippen LogP contribution in [0.4, 0.5) is 10.5 Å². The average Bonchev–Trinajstić information content (AvgIpc) is 2.80. The molecule has 31 heavy (non-hydrogen) atoms. The van der Waals surface area contributed by atoms with Gasteiger partial charge in [-0.2, -0.15) is 0 Å². The molecule has 6 nitrogen and oxygen atoms in total. The molecule has 160 valence electrons. The predicted molar refractivity (Wildman–Crippen MR) is 122 cm³/mol. The number of hydrogen-bond acceptors (Lipinski definition) is 3. The zero-order valence-corrected chi connectivity index (χ0v) is 17.8. The van der Waals surface area contributed by atoms with Crippen molar-refractivity contribution in [3.05, 3.63) is 90.5 Å². The summed E-state index contributed by atoms with van der Waals surface area (Å²) in [4.78, 5) is 27.9. The Morgan fingerprint density at radius 3 is 2.03 bits per heavy atom. The van der Waals surface area contributed by atoms with E-state index < -0.39 is 0 Å². The van der Waals surface area contributed by atoms with Gasteiger partial charge in [-0.05, 0) is 42.0 Å². The first-order valence-electron chi connectivity index (χ1n) is 10.2. The Labute approximate surface area is 183 Å². The minimum absolute atomic E-state index is 0.0808. The van der Waals surface area contributed by atoms with Crippen molar-refractivity contribution < 1.29 is 14.3 Å². The molecule has 0 saturated heterocycles. The third-order valence-corrected chi connectivity index (χ3v) is 4.80. The Morgan fingerprint density at radius 1 is 0.806 bits per heavy atom. The van der Waals surface area contributed by atoms with Gasteiger partial charge in [0, 0.05) is 39.3 Å². The first kappa shape index (κ1) is 21.9. The van der Waals surface area contributed by atoms with Gasteiger partial charge in [0.15, 0.2) is 0 Å². The normalized spacial score (nSPS) is 10.3. The van der Waals surface area contributed by atoms with Crippen molar-refractivity contribution in [3.8, 4) is 11.5 Å². The summed E-state index contributed by atoms with van der Waals surface area (Å²) in [6, 6.07) is 26.4. The van der Waals surface area contributed by atoms with Crippen LogP contribution in [0.15, 0.2) is 84.9 Å². The number of ether oxygens (including phenoxy) is 1. The summed E-state index contributed by atoms with van der Waals surface area (Å²) in [7, 11) is 3.45. The van der Waals surface area contributed by atoms with E-state index in [2.05, 4.69) is 5.32 Å². The van der Waals surface area contributed by atoms with E-state index in [9.17, 15) is 9.59 Å². The molecule has 0 aliphatic carbocycles. The van der Waals surface area contributed by atoms with E-state index in [4.69, 9.17) is 4.74 Å². The van der Waals surface area contributed by atoms with Gasteiger partial charge < -0.3 is 19.9 Å². The second kappa shape index (κ2) is 10.8. The third kappa shape index (κ3) is 6.60. The fourth-order valence-corrected chi connectivity index (χ4v) is 3.01. The van der Waals surface area contributed by atoms with Gasteiger partial charge in [-0.15, -0.1) is 0 Å². The smallest absolute Gasteiger partial charge is 0.317 e. The van der Waals surface area contributed by atoms with Crippen molar-refractivity contribution in [2.75, 3.05) is 25.5 Å². The van der Waals surface area contributed by atoms with Crippen LogP contribution in [0.2, 0.25) is 0 Å². The highest BCUT2D eigenvalue weighted by Gasteiger charge is 2.13. The molecule has 0 saturated carbocycles. The Kier molecular flexibility index (Phi) is 7.65. The number of urea groups is 1. The van der Waals surface area contributed by atoms with E-state index >= 15 is 0 Å². The maximum atomic E-state index is 12.5. The van der Waals surface area contributed by atoms with Crippen LogP contribution < -0.4 is 15.0 Å². The van der Waals surface area contributed by atoms with Crippen LogP contribution >= 0.6 is 0 Å². The maximum absolute atomic E-state index is 12.5. The number of nitrogens with one attached hydrogen (secondary N) is 1. The summed E-state index contributed by atoms with van der Waals surface area (Å²) in [5.74, 6) is 1.37. The van der Waals surface area contributed by atoms with Crippen LogP contribution in [0, 0.1) is 0 Å². The van der Waals surface area contributed by atoms with Gasteiger partial charge in [-0.25, -0.2) is 4.79 Å². The summed E-state index contributed by atoms with van der Waals surface area (Å²) in [6.07, 6.45) is 0.212. The molecule has 0 heterocycles. The number of para-hydroxylation sites is 1. The average molecular weight is 418 g/mol. The first-order chi connectivity index (χ1) is 15.0. The van der Waals surface area contributed by atoms with E-state index in [1.165, 1.54) is 0 Å². The lowest BCUT2D eigenvalue weighted by molar-refractivity contribution is -0.118. The van der Waals surface area contributed by atoms with Crippen LogP contribution in [-0.4, -0.2) is 37.5 Å². The molecule has 0 spiro atoms. The molecule has 6 heteroatoms. The monoisotopic (exact) mass is 417 g/mol. The largest absolute Gasteiger partial charge is 0.457 e. The molecule has 0 atom stereocenters. The topological polar surface area (TPSA) is 61.9 Å². The van der Waals surface area contributed by atoms with Gasteiger partial charge in [0.2, 0.25) is 5.91 Å². The fraction of sp³-hybridized carbons (Fsp3) is 0.200. The zero-order chi connectivity index (χ0) is 22.1.